The maximum absolute atomic E-state index is 13.0. The molecule has 6 heteroatoms. The summed E-state index contributed by atoms with van der Waals surface area (Å²) in [7, 11) is 1.27. The van der Waals surface area contributed by atoms with Gasteiger partial charge in [0.15, 0.2) is 0 Å². The summed E-state index contributed by atoms with van der Waals surface area (Å²) in [5.41, 5.74) is -0.0607. The zero-order valence-corrected chi connectivity index (χ0v) is 11.7. The number of methoxy groups -OCH3 is 1. The number of aromatic nitrogens is 1. The molecule has 0 spiro atoms. The summed E-state index contributed by atoms with van der Waals surface area (Å²) in [6.07, 6.45) is 3.25. The summed E-state index contributed by atoms with van der Waals surface area (Å²) in [5, 5.41) is 2.53. The lowest BCUT2D eigenvalue weighted by atomic mass is 10.1. The molecule has 0 saturated carbocycles. The van der Waals surface area contributed by atoms with Crippen molar-refractivity contribution < 1.29 is 18.7 Å². The standard InChI is InChI=1S/C14H19FN2O3/c1-3-4-5-7-11(14(19)20-2)17-13(18)10-8-6-9-12(15)16-10/h6,8-9,11H,3-5,7H2,1-2H3,(H,17,18)/t11-/m0/s1. The molecular weight excluding hydrogens is 263 g/mol. The van der Waals surface area contributed by atoms with E-state index >= 15 is 0 Å². The SMILES string of the molecule is CCCCC[C@H](NC(=O)c1cccc(F)n1)C(=O)OC. The maximum atomic E-state index is 13.0. The number of carbonyl (C=O) groups is 2. The molecule has 1 aromatic heterocycles. The lowest BCUT2D eigenvalue weighted by molar-refractivity contribution is -0.143. The normalized spacial score (nSPS) is 11.8. The van der Waals surface area contributed by atoms with Gasteiger partial charge >= 0.3 is 5.97 Å². The van der Waals surface area contributed by atoms with Crippen molar-refractivity contribution in [2.24, 2.45) is 0 Å². The highest BCUT2D eigenvalue weighted by Gasteiger charge is 2.22. The summed E-state index contributed by atoms with van der Waals surface area (Å²) in [5.74, 6) is -1.83. The Bertz CT molecular complexity index is 465. The van der Waals surface area contributed by atoms with Gasteiger partial charge in [-0.25, -0.2) is 9.78 Å². The highest BCUT2D eigenvalue weighted by Crippen LogP contribution is 2.06. The number of rotatable bonds is 7. The molecule has 0 radical (unpaired) electrons. The van der Waals surface area contributed by atoms with E-state index in [2.05, 4.69) is 15.0 Å². The number of ether oxygens (including phenoxy) is 1. The van der Waals surface area contributed by atoms with Gasteiger partial charge in [-0.15, -0.1) is 0 Å². The van der Waals surface area contributed by atoms with Gasteiger partial charge in [-0.3, -0.25) is 4.79 Å². The predicted octanol–water partition coefficient (Wildman–Crippen LogP) is 2.07. The average molecular weight is 282 g/mol. The smallest absolute Gasteiger partial charge is 0.328 e. The van der Waals surface area contributed by atoms with E-state index in [1.54, 1.807) is 0 Å². The number of unbranched alkanes of at least 4 members (excludes halogenated alkanes) is 2. The van der Waals surface area contributed by atoms with Crippen molar-refractivity contribution in [1.29, 1.82) is 0 Å². The third-order valence-corrected chi connectivity index (χ3v) is 2.84. The monoisotopic (exact) mass is 282 g/mol. The van der Waals surface area contributed by atoms with Crippen LogP contribution in [0.1, 0.15) is 43.1 Å². The first-order valence-corrected chi connectivity index (χ1v) is 6.59. The molecule has 1 amide bonds. The van der Waals surface area contributed by atoms with Crippen LogP contribution in [0.4, 0.5) is 4.39 Å². The quantitative estimate of drug-likeness (QED) is 0.472. The molecular formula is C14H19FN2O3. The second kappa shape index (κ2) is 8.24. The molecule has 0 aliphatic heterocycles. The van der Waals surface area contributed by atoms with Crippen LogP contribution < -0.4 is 5.32 Å². The van der Waals surface area contributed by atoms with Crippen molar-refractivity contribution >= 4 is 11.9 Å². The van der Waals surface area contributed by atoms with Gasteiger partial charge in [-0.05, 0) is 18.6 Å². The molecule has 1 aromatic rings. The van der Waals surface area contributed by atoms with Crippen molar-refractivity contribution in [1.82, 2.24) is 10.3 Å². The highest BCUT2D eigenvalue weighted by atomic mass is 19.1. The van der Waals surface area contributed by atoms with Gasteiger partial charge in [0.25, 0.3) is 5.91 Å². The molecule has 1 heterocycles. The zero-order valence-electron chi connectivity index (χ0n) is 11.7. The number of esters is 1. The largest absolute Gasteiger partial charge is 0.467 e. The van der Waals surface area contributed by atoms with Crippen LogP contribution in [0.2, 0.25) is 0 Å². The fourth-order valence-corrected chi connectivity index (χ4v) is 1.76. The molecule has 5 nitrogen and oxygen atoms in total. The van der Waals surface area contributed by atoms with Gasteiger partial charge in [0.2, 0.25) is 5.95 Å². The van der Waals surface area contributed by atoms with Crippen LogP contribution >= 0.6 is 0 Å². The van der Waals surface area contributed by atoms with E-state index in [4.69, 9.17) is 0 Å². The third-order valence-electron chi connectivity index (χ3n) is 2.84. The molecule has 110 valence electrons. The summed E-state index contributed by atoms with van der Waals surface area (Å²) < 4.78 is 17.6. The number of carbonyl (C=O) groups excluding carboxylic acids is 2. The van der Waals surface area contributed by atoms with E-state index < -0.39 is 23.9 Å². The second-order valence-corrected chi connectivity index (χ2v) is 4.39. The van der Waals surface area contributed by atoms with Crippen molar-refractivity contribution in [3.05, 3.63) is 29.8 Å². The molecule has 1 N–H and O–H groups in total. The summed E-state index contributed by atoms with van der Waals surface area (Å²) >= 11 is 0. The molecule has 20 heavy (non-hydrogen) atoms. The van der Waals surface area contributed by atoms with Crippen LogP contribution in [0.3, 0.4) is 0 Å². The van der Waals surface area contributed by atoms with Crippen LogP contribution in [0.15, 0.2) is 18.2 Å². The molecule has 0 aliphatic carbocycles. The Labute approximate surface area is 117 Å². The topological polar surface area (TPSA) is 68.3 Å². The number of halogens is 1. The van der Waals surface area contributed by atoms with Gasteiger partial charge in [-0.2, -0.15) is 4.39 Å². The van der Waals surface area contributed by atoms with Crippen LogP contribution in [0.25, 0.3) is 0 Å². The van der Waals surface area contributed by atoms with Crippen molar-refractivity contribution in [2.75, 3.05) is 7.11 Å². The lowest BCUT2D eigenvalue weighted by Gasteiger charge is -2.16. The summed E-state index contributed by atoms with van der Waals surface area (Å²) in [6.45, 7) is 2.04. The molecule has 0 aromatic carbocycles. The molecule has 0 saturated heterocycles. The average Bonchev–Trinajstić information content (AvgIpc) is 2.45. The minimum atomic E-state index is -0.738. The molecule has 0 aliphatic rings. The van der Waals surface area contributed by atoms with Crippen LogP contribution in [0, 0.1) is 5.95 Å². The van der Waals surface area contributed by atoms with Gasteiger partial charge < -0.3 is 10.1 Å². The Hall–Kier alpha value is -1.98. The maximum Gasteiger partial charge on any atom is 0.328 e. The Balaban J connectivity index is 2.68. The van der Waals surface area contributed by atoms with Crippen molar-refractivity contribution in [3.8, 4) is 0 Å². The van der Waals surface area contributed by atoms with Gasteiger partial charge in [0, 0.05) is 0 Å². The Kier molecular flexibility index (Phi) is 6.63. The predicted molar refractivity (Wildman–Crippen MR) is 71.6 cm³/mol. The first-order chi connectivity index (χ1) is 9.58. The number of amides is 1. The van der Waals surface area contributed by atoms with Gasteiger partial charge in [0.05, 0.1) is 7.11 Å². The minimum absolute atomic E-state index is 0.0607. The number of pyridine rings is 1. The molecule has 0 unspecified atom stereocenters. The first-order valence-electron chi connectivity index (χ1n) is 6.59. The van der Waals surface area contributed by atoms with Crippen LogP contribution in [0.5, 0.6) is 0 Å². The van der Waals surface area contributed by atoms with E-state index in [-0.39, 0.29) is 5.69 Å². The number of hydrogen-bond acceptors (Lipinski definition) is 4. The minimum Gasteiger partial charge on any atom is -0.467 e. The first kappa shape index (κ1) is 16.1. The van der Waals surface area contributed by atoms with E-state index in [1.165, 1.54) is 19.2 Å². The Morgan fingerprint density at radius 2 is 2.15 bits per heavy atom. The Morgan fingerprint density at radius 3 is 2.75 bits per heavy atom. The molecule has 1 atom stereocenters. The highest BCUT2D eigenvalue weighted by molar-refractivity contribution is 5.95. The van der Waals surface area contributed by atoms with E-state index in [9.17, 15) is 14.0 Å². The lowest BCUT2D eigenvalue weighted by Crippen LogP contribution is -2.41. The molecule has 0 bridgehead atoms. The molecule has 0 fully saturated rings. The fraction of sp³-hybridized carbons (Fsp3) is 0.500. The van der Waals surface area contributed by atoms with E-state index in [1.807, 2.05) is 6.92 Å². The zero-order chi connectivity index (χ0) is 15.0. The summed E-state index contributed by atoms with van der Waals surface area (Å²) in [4.78, 5) is 27.0. The fourth-order valence-electron chi connectivity index (χ4n) is 1.76. The second-order valence-electron chi connectivity index (χ2n) is 4.39. The van der Waals surface area contributed by atoms with Crippen LogP contribution in [-0.4, -0.2) is 30.0 Å². The number of nitrogens with zero attached hydrogens (tertiary/aromatic N) is 1. The van der Waals surface area contributed by atoms with Gasteiger partial charge in [0.1, 0.15) is 11.7 Å². The van der Waals surface area contributed by atoms with Gasteiger partial charge in [-0.1, -0.05) is 32.3 Å². The van der Waals surface area contributed by atoms with E-state index in [0.717, 1.165) is 25.3 Å². The number of nitrogens with one attached hydrogen (secondary N) is 1. The van der Waals surface area contributed by atoms with Crippen molar-refractivity contribution in [2.45, 2.75) is 38.6 Å². The molecule has 1 rings (SSSR count). The summed E-state index contributed by atoms with van der Waals surface area (Å²) in [6, 6.07) is 3.19. The Morgan fingerprint density at radius 1 is 1.40 bits per heavy atom. The third kappa shape index (κ3) is 4.95. The number of hydrogen-bond donors (Lipinski definition) is 1. The van der Waals surface area contributed by atoms with E-state index in [0.29, 0.717) is 6.42 Å². The van der Waals surface area contributed by atoms with Crippen molar-refractivity contribution in [3.63, 3.8) is 0 Å². The van der Waals surface area contributed by atoms with Crippen LogP contribution in [-0.2, 0) is 9.53 Å².